The highest BCUT2D eigenvalue weighted by molar-refractivity contribution is 7.90. The molecule has 2 rings (SSSR count). The monoisotopic (exact) mass is 347 g/mol. The normalized spacial score (nSPS) is 12.8. The number of aryl methyl sites for hydroxylation is 1. The molecule has 0 amide bonds. The summed E-state index contributed by atoms with van der Waals surface area (Å²) in [4.78, 5) is 0.343. The lowest BCUT2D eigenvalue weighted by molar-refractivity contribution is 0.334. The van der Waals surface area contributed by atoms with Crippen molar-refractivity contribution in [1.29, 1.82) is 0 Å². The van der Waals surface area contributed by atoms with Crippen molar-refractivity contribution >= 4 is 9.84 Å². The molecular formula is C19H25NO3S. The van der Waals surface area contributed by atoms with Crippen LogP contribution in [0.3, 0.4) is 0 Å². The highest BCUT2D eigenvalue weighted by Crippen LogP contribution is 2.22. The van der Waals surface area contributed by atoms with Crippen LogP contribution in [0.5, 0.6) is 5.75 Å². The molecule has 130 valence electrons. The van der Waals surface area contributed by atoms with Crippen LogP contribution in [0.25, 0.3) is 0 Å². The van der Waals surface area contributed by atoms with Crippen LogP contribution < -0.4 is 10.1 Å². The predicted octanol–water partition coefficient (Wildman–Crippen LogP) is 3.65. The molecule has 0 radical (unpaired) electrons. The minimum Gasteiger partial charge on any atom is -0.494 e. The third kappa shape index (κ3) is 4.82. The van der Waals surface area contributed by atoms with Gasteiger partial charge in [-0.15, -0.1) is 0 Å². The number of ether oxygens (including phenoxy) is 1. The Hall–Kier alpha value is -1.85. The summed E-state index contributed by atoms with van der Waals surface area (Å²) in [6.07, 6.45) is 1.22. The minimum atomic E-state index is -3.15. The molecule has 0 aliphatic heterocycles. The van der Waals surface area contributed by atoms with Crippen LogP contribution in [0.4, 0.5) is 0 Å². The van der Waals surface area contributed by atoms with Crippen LogP contribution in [-0.2, 0) is 16.4 Å². The Labute approximate surface area is 144 Å². The van der Waals surface area contributed by atoms with Gasteiger partial charge in [-0.2, -0.15) is 0 Å². The van der Waals surface area contributed by atoms with Gasteiger partial charge >= 0.3 is 0 Å². The SMILES string of the molecule is CCOc1cc(C)ccc1CNC(C)c1ccc(S(C)(=O)=O)cc1. The van der Waals surface area contributed by atoms with Gasteiger partial charge in [0.05, 0.1) is 11.5 Å². The van der Waals surface area contributed by atoms with Crippen LogP contribution in [0.15, 0.2) is 47.4 Å². The number of hydrogen-bond donors (Lipinski definition) is 1. The van der Waals surface area contributed by atoms with Crippen LogP contribution in [0.1, 0.15) is 36.6 Å². The zero-order chi connectivity index (χ0) is 17.7. The molecule has 24 heavy (non-hydrogen) atoms. The van der Waals surface area contributed by atoms with Crippen molar-refractivity contribution in [3.63, 3.8) is 0 Å². The first-order valence-corrected chi connectivity index (χ1v) is 9.96. The third-order valence-corrected chi connectivity index (χ3v) is 5.06. The van der Waals surface area contributed by atoms with E-state index in [4.69, 9.17) is 4.74 Å². The Morgan fingerprint density at radius 1 is 1.12 bits per heavy atom. The molecular weight excluding hydrogens is 322 g/mol. The Morgan fingerprint density at radius 3 is 2.38 bits per heavy atom. The minimum absolute atomic E-state index is 0.106. The van der Waals surface area contributed by atoms with E-state index in [9.17, 15) is 8.42 Å². The summed E-state index contributed by atoms with van der Waals surface area (Å²) in [7, 11) is -3.15. The van der Waals surface area contributed by atoms with Gasteiger partial charge < -0.3 is 10.1 Å². The summed E-state index contributed by atoms with van der Waals surface area (Å²) in [6.45, 7) is 7.41. The van der Waals surface area contributed by atoms with E-state index >= 15 is 0 Å². The van der Waals surface area contributed by atoms with E-state index in [1.807, 2.05) is 32.0 Å². The first-order valence-electron chi connectivity index (χ1n) is 8.07. The van der Waals surface area contributed by atoms with Crippen LogP contribution >= 0.6 is 0 Å². The fraction of sp³-hybridized carbons (Fsp3) is 0.368. The smallest absolute Gasteiger partial charge is 0.175 e. The lowest BCUT2D eigenvalue weighted by Gasteiger charge is -2.17. The third-order valence-electron chi connectivity index (χ3n) is 3.93. The second-order valence-electron chi connectivity index (χ2n) is 5.99. The summed E-state index contributed by atoms with van der Waals surface area (Å²) in [6, 6.07) is 13.3. The summed E-state index contributed by atoms with van der Waals surface area (Å²) in [5.74, 6) is 0.907. The molecule has 0 saturated carbocycles. The van der Waals surface area contributed by atoms with E-state index in [1.54, 1.807) is 12.1 Å². The van der Waals surface area contributed by atoms with E-state index < -0.39 is 9.84 Å². The summed E-state index contributed by atoms with van der Waals surface area (Å²) in [5.41, 5.74) is 3.33. The van der Waals surface area contributed by atoms with E-state index in [0.29, 0.717) is 18.0 Å². The number of rotatable bonds is 7. The van der Waals surface area contributed by atoms with E-state index in [-0.39, 0.29) is 6.04 Å². The number of hydrogen-bond acceptors (Lipinski definition) is 4. The summed E-state index contributed by atoms with van der Waals surface area (Å²) >= 11 is 0. The van der Waals surface area contributed by atoms with Crippen LogP contribution in [0.2, 0.25) is 0 Å². The molecule has 4 nitrogen and oxygen atoms in total. The standard InChI is InChI=1S/C19H25NO3S/c1-5-23-19-12-14(2)6-7-17(19)13-20-15(3)16-8-10-18(11-9-16)24(4,21)22/h6-12,15,20H,5,13H2,1-4H3. The zero-order valence-corrected chi connectivity index (χ0v) is 15.5. The average molecular weight is 347 g/mol. The van der Waals surface area contributed by atoms with Gasteiger partial charge in [-0.1, -0.05) is 24.3 Å². The molecule has 0 heterocycles. The molecule has 0 spiro atoms. The molecule has 1 unspecified atom stereocenters. The van der Waals surface area contributed by atoms with E-state index in [1.165, 1.54) is 11.8 Å². The Bertz CT molecular complexity index is 783. The topological polar surface area (TPSA) is 55.4 Å². The van der Waals surface area contributed by atoms with Gasteiger partial charge in [0.2, 0.25) is 0 Å². The molecule has 0 fully saturated rings. The summed E-state index contributed by atoms with van der Waals surface area (Å²) < 4.78 is 28.7. The fourth-order valence-corrected chi connectivity index (χ4v) is 3.11. The first kappa shape index (κ1) is 18.5. The van der Waals surface area contributed by atoms with Crippen molar-refractivity contribution in [2.75, 3.05) is 12.9 Å². The van der Waals surface area contributed by atoms with Crippen LogP contribution in [0, 0.1) is 6.92 Å². The van der Waals surface area contributed by atoms with Gasteiger partial charge in [-0.3, -0.25) is 0 Å². The molecule has 1 N–H and O–H groups in total. The largest absolute Gasteiger partial charge is 0.494 e. The van der Waals surface area contributed by atoms with E-state index in [0.717, 1.165) is 16.9 Å². The number of benzene rings is 2. The average Bonchev–Trinajstić information content (AvgIpc) is 2.53. The van der Waals surface area contributed by atoms with Gasteiger partial charge in [-0.25, -0.2) is 8.42 Å². The van der Waals surface area contributed by atoms with Crippen molar-refractivity contribution in [1.82, 2.24) is 5.32 Å². The summed E-state index contributed by atoms with van der Waals surface area (Å²) in [5, 5.41) is 3.46. The molecule has 2 aromatic carbocycles. The fourth-order valence-electron chi connectivity index (χ4n) is 2.48. The molecule has 2 aromatic rings. The maximum absolute atomic E-state index is 11.5. The van der Waals surface area contributed by atoms with Gasteiger partial charge in [0.25, 0.3) is 0 Å². The number of nitrogens with one attached hydrogen (secondary N) is 1. The van der Waals surface area contributed by atoms with Crippen molar-refractivity contribution in [2.45, 2.75) is 38.3 Å². The Kier molecular flexibility index (Phi) is 6.02. The maximum atomic E-state index is 11.5. The lowest BCUT2D eigenvalue weighted by atomic mass is 10.1. The zero-order valence-electron chi connectivity index (χ0n) is 14.7. The first-order chi connectivity index (χ1) is 11.3. The Balaban J connectivity index is 2.07. The molecule has 5 heteroatoms. The molecule has 0 aliphatic rings. The second kappa shape index (κ2) is 7.81. The molecule has 1 atom stereocenters. The van der Waals surface area contributed by atoms with Gasteiger partial charge in [0, 0.05) is 24.4 Å². The lowest BCUT2D eigenvalue weighted by Crippen LogP contribution is -2.18. The highest BCUT2D eigenvalue weighted by Gasteiger charge is 2.10. The van der Waals surface area contributed by atoms with Gasteiger partial charge in [0.15, 0.2) is 9.84 Å². The number of sulfone groups is 1. The van der Waals surface area contributed by atoms with E-state index in [2.05, 4.69) is 24.4 Å². The Morgan fingerprint density at radius 2 is 1.79 bits per heavy atom. The predicted molar refractivity (Wildman–Crippen MR) is 97.2 cm³/mol. The molecule has 0 bridgehead atoms. The van der Waals surface area contributed by atoms with Crippen molar-refractivity contribution in [3.05, 3.63) is 59.2 Å². The van der Waals surface area contributed by atoms with Crippen LogP contribution in [-0.4, -0.2) is 21.3 Å². The quantitative estimate of drug-likeness (QED) is 0.831. The second-order valence-corrected chi connectivity index (χ2v) is 8.00. The molecule has 0 aromatic heterocycles. The van der Waals surface area contributed by atoms with Gasteiger partial charge in [-0.05, 0) is 50.1 Å². The van der Waals surface area contributed by atoms with Crippen molar-refractivity contribution in [2.24, 2.45) is 0 Å². The van der Waals surface area contributed by atoms with Gasteiger partial charge in [0.1, 0.15) is 5.75 Å². The van der Waals surface area contributed by atoms with Crippen molar-refractivity contribution in [3.8, 4) is 5.75 Å². The van der Waals surface area contributed by atoms with Crippen molar-refractivity contribution < 1.29 is 13.2 Å². The maximum Gasteiger partial charge on any atom is 0.175 e. The highest BCUT2D eigenvalue weighted by atomic mass is 32.2. The molecule has 0 saturated heterocycles. The molecule has 0 aliphatic carbocycles.